The highest BCUT2D eigenvalue weighted by Crippen LogP contribution is 2.25. The van der Waals surface area contributed by atoms with Crippen molar-refractivity contribution in [3.8, 4) is 5.75 Å². The van der Waals surface area contributed by atoms with Crippen LogP contribution in [0.15, 0.2) is 48.5 Å². The van der Waals surface area contributed by atoms with E-state index in [-0.39, 0.29) is 12.1 Å². The number of para-hydroxylation sites is 2. The van der Waals surface area contributed by atoms with Crippen molar-refractivity contribution < 1.29 is 19.1 Å². The van der Waals surface area contributed by atoms with Crippen LogP contribution in [-0.4, -0.2) is 71.4 Å². The Morgan fingerprint density at radius 1 is 0.971 bits per heavy atom. The molecule has 0 bridgehead atoms. The van der Waals surface area contributed by atoms with Crippen LogP contribution in [0, 0.1) is 6.92 Å². The van der Waals surface area contributed by atoms with Gasteiger partial charge in [0.05, 0.1) is 12.3 Å². The molecule has 2 heterocycles. The molecule has 4 rings (SSSR count). The number of anilines is 1. The standard InChI is InChI=1S/C26H32N4O4/c1-3-34-23-7-5-4-6-22(23)27-26(33)28-14-12-21(13-15-28)30-17-16-29(24(31)25(30)32)18-20-10-8-19(2)9-11-20/h4-11,21H,3,12-18H2,1-2H3,(H,27,33). The van der Waals surface area contributed by atoms with Crippen LogP contribution in [0.25, 0.3) is 0 Å². The van der Waals surface area contributed by atoms with Crippen molar-refractivity contribution in [2.24, 2.45) is 0 Å². The van der Waals surface area contributed by atoms with E-state index < -0.39 is 11.8 Å². The average molecular weight is 465 g/mol. The summed E-state index contributed by atoms with van der Waals surface area (Å²) in [5.74, 6) is -0.243. The number of carbonyl (C=O) groups excluding carboxylic acids is 3. The molecule has 0 aromatic heterocycles. The molecule has 2 aromatic rings. The van der Waals surface area contributed by atoms with Gasteiger partial charge >= 0.3 is 17.8 Å². The first-order valence-corrected chi connectivity index (χ1v) is 11.9. The van der Waals surface area contributed by atoms with E-state index in [0.717, 1.165) is 11.1 Å². The molecule has 0 aliphatic carbocycles. The fourth-order valence-corrected chi connectivity index (χ4v) is 4.53. The third-order valence-corrected chi connectivity index (χ3v) is 6.46. The van der Waals surface area contributed by atoms with Crippen LogP contribution in [0.5, 0.6) is 5.75 Å². The van der Waals surface area contributed by atoms with Crippen molar-refractivity contribution in [2.45, 2.75) is 39.3 Å². The van der Waals surface area contributed by atoms with Crippen LogP contribution in [0.4, 0.5) is 10.5 Å². The fourth-order valence-electron chi connectivity index (χ4n) is 4.53. The van der Waals surface area contributed by atoms with E-state index in [1.807, 2.05) is 62.4 Å². The second-order valence-corrected chi connectivity index (χ2v) is 8.79. The first-order chi connectivity index (χ1) is 16.5. The van der Waals surface area contributed by atoms with Gasteiger partial charge in [-0.2, -0.15) is 0 Å². The van der Waals surface area contributed by atoms with E-state index in [1.54, 1.807) is 14.7 Å². The Bertz CT molecular complexity index is 1030. The molecule has 180 valence electrons. The van der Waals surface area contributed by atoms with Crippen molar-refractivity contribution in [1.29, 1.82) is 0 Å². The van der Waals surface area contributed by atoms with Gasteiger partial charge in [0.25, 0.3) is 0 Å². The molecular weight excluding hydrogens is 432 g/mol. The number of hydrogen-bond acceptors (Lipinski definition) is 4. The molecule has 2 aliphatic heterocycles. The Labute approximate surface area is 200 Å². The van der Waals surface area contributed by atoms with Crippen LogP contribution in [-0.2, 0) is 16.1 Å². The zero-order valence-electron chi connectivity index (χ0n) is 19.8. The summed E-state index contributed by atoms with van der Waals surface area (Å²) in [6.07, 6.45) is 1.30. The van der Waals surface area contributed by atoms with Crippen molar-refractivity contribution in [1.82, 2.24) is 14.7 Å². The maximum absolute atomic E-state index is 12.9. The van der Waals surface area contributed by atoms with Gasteiger partial charge in [-0.25, -0.2) is 4.79 Å². The first-order valence-electron chi connectivity index (χ1n) is 11.9. The van der Waals surface area contributed by atoms with Crippen LogP contribution in [0.3, 0.4) is 0 Å². The van der Waals surface area contributed by atoms with Gasteiger partial charge in [-0.3, -0.25) is 9.59 Å². The number of amides is 4. The Balaban J connectivity index is 1.29. The van der Waals surface area contributed by atoms with Gasteiger partial charge in [0.15, 0.2) is 0 Å². The number of rotatable bonds is 6. The number of hydrogen-bond donors (Lipinski definition) is 1. The number of carbonyl (C=O) groups is 3. The molecule has 8 heteroatoms. The number of ether oxygens (including phenoxy) is 1. The fraction of sp³-hybridized carbons (Fsp3) is 0.423. The Kier molecular flexibility index (Phi) is 7.35. The Morgan fingerprint density at radius 2 is 1.68 bits per heavy atom. The topological polar surface area (TPSA) is 82.2 Å². The summed E-state index contributed by atoms with van der Waals surface area (Å²) in [5, 5.41) is 2.93. The molecule has 0 radical (unpaired) electrons. The normalized spacial score (nSPS) is 17.2. The predicted molar refractivity (Wildman–Crippen MR) is 130 cm³/mol. The van der Waals surface area contributed by atoms with E-state index in [9.17, 15) is 14.4 Å². The van der Waals surface area contributed by atoms with E-state index in [4.69, 9.17) is 4.74 Å². The lowest BCUT2D eigenvalue weighted by Crippen LogP contribution is -2.59. The number of piperidine rings is 1. The van der Waals surface area contributed by atoms with Gasteiger partial charge in [-0.05, 0) is 44.4 Å². The third-order valence-electron chi connectivity index (χ3n) is 6.46. The maximum atomic E-state index is 12.9. The molecule has 4 amide bonds. The van der Waals surface area contributed by atoms with Gasteiger partial charge < -0.3 is 24.8 Å². The quantitative estimate of drug-likeness (QED) is 0.666. The van der Waals surface area contributed by atoms with Crippen molar-refractivity contribution in [3.05, 3.63) is 59.7 Å². The Morgan fingerprint density at radius 3 is 2.38 bits per heavy atom. The lowest BCUT2D eigenvalue weighted by Gasteiger charge is -2.42. The van der Waals surface area contributed by atoms with E-state index in [0.29, 0.717) is 63.6 Å². The molecular formula is C26H32N4O4. The van der Waals surface area contributed by atoms with E-state index in [2.05, 4.69) is 5.32 Å². The summed E-state index contributed by atoms with van der Waals surface area (Å²) in [6, 6.07) is 15.2. The van der Waals surface area contributed by atoms with Crippen molar-refractivity contribution in [2.75, 3.05) is 38.1 Å². The number of piperazine rings is 1. The number of benzene rings is 2. The number of nitrogens with one attached hydrogen (secondary N) is 1. The Hall–Kier alpha value is -3.55. The molecule has 0 saturated carbocycles. The zero-order chi connectivity index (χ0) is 24.1. The van der Waals surface area contributed by atoms with E-state index in [1.165, 1.54) is 0 Å². The SMILES string of the molecule is CCOc1ccccc1NC(=O)N1CCC(N2CCN(Cc3ccc(C)cc3)C(=O)C2=O)CC1. The summed E-state index contributed by atoms with van der Waals surface area (Å²) in [7, 11) is 0. The van der Waals surface area contributed by atoms with Gasteiger partial charge in [0.1, 0.15) is 5.75 Å². The summed E-state index contributed by atoms with van der Waals surface area (Å²) < 4.78 is 5.58. The third kappa shape index (κ3) is 5.32. The monoisotopic (exact) mass is 464 g/mol. The van der Waals surface area contributed by atoms with Crippen LogP contribution in [0.2, 0.25) is 0 Å². The highest BCUT2D eigenvalue weighted by atomic mass is 16.5. The molecule has 34 heavy (non-hydrogen) atoms. The molecule has 2 saturated heterocycles. The summed E-state index contributed by atoms with van der Waals surface area (Å²) >= 11 is 0. The maximum Gasteiger partial charge on any atom is 0.321 e. The van der Waals surface area contributed by atoms with Crippen LogP contribution < -0.4 is 10.1 Å². The van der Waals surface area contributed by atoms with Gasteiger partial charge in [0, 0.05) is 38.8 Å². The molecule has 2 fully saturated rings. The predicted octanol–water partition coefficient (Wildman–Crippen LogP) is 3.26. The molecule has 2 aromatic carbocycles. The van der Waals surface area contributed by atoms with Crippen molar-refractivity contribution in [3.63, 3.8) is 0 Å². The van der Waals surface area contributed by atoms with Crippen LogP contribution >= 0.6 is 0 Å². The average Bonchev–Trinajstić information content (AvgIpc) is 2.85. The summed E-state index contributed by atoms with van der Waals surface area (Å²) in [6.45, 7) is 6.98. The second-order valence-electron chi connectivity index (χ2n) is 8.79. The minimum absolute atomic E-state index is 0.0299. The van der Waals surface area contributed by atoms with Gasteiger partial charge in [0.2, 0.25) is 0 Å². The molecule has 0 unspecified atom stereocenters. The lowest BCUT2D eigenvalue weighted by molar-refractivity contribution is -0.158. The highest BCUT2D eigenvalue weighted by molar-refractivity contribution is 6.35. The van der Waals surface area contributed by atoms with Crippen LogP contribution in [0.1, 0.15) is 30.9 Å². The molecule has 8 nitrogen and oxygen atoms in total. The number of nitrogens with zero attached hydrogens (tertiary/aromatic N) is 3. The molecule has 1 N–H and O–H groups in total. The number of aryl methyl sites for hydroxylation is 1. The second kappa shape index (κ2) is 10.6. The molecule has 0 spiro atoms. The zero-order valence-corrected chi connectivity index (χ0v) is 19.8. The first kappa shape index (κ1) is 23.6. The largest absolute Gasteiger partial charge is 0.492 e. The molecule has 2 aliphatic rings. The van der Waals surface area contributed by atoms with Crippen molar-refractivity contribution >= 4 is 23.5 Å². The number of urea groups is 1. The van der Waals surface area contributed by atoms with Gasteiger partial charge in [-0.15, -0.1) is 0 Å². The summed E-state index contributed by atoms with van der Waals surface area (Å²) in [5.41, 5.74) is 2.82. The minimum Gasteiger partial charge on any atom is -0.492 e. The lowest BCUT2D eigenvalue weighted by atomic mass is 10.0. The van der Waals surface area contributed by atoms with Gasteiger partial charge in [-0.1, -0.05) is 42.0 Å². The van der Waals surface area contributed by atoms with E-state index >= 15 is 0 Å². The highest BCUT2D eigenvalue weighted by Gasteiger charge is 2.38. The smallest absolute Gasteiger partial charge is 0.321 e. The minimum atomic E-state index is -0.445. The summed E-state index contributed by atoms with van der Waals surface area (Å²) in [4.78, 5) is 43.5. The molecule has 0 atom stereocenters. The number of likely N-dealkylation sites (tertiary alicyclic amines) is 1.